The highest BCUT2D eigenvalue weighted by molar-refractivity contribution is 9.10. The number of ether oxygens (including phenoxy) is 2. The Morgan fingerprint density at radius 3 is 2.65 bits per heavy atom. The van der Waals surface area contributed by atoms with E-state index in [2.05, 4.69) is 15.9 Å². The standard InChI is InChI=1S/C10H10BrClO4S/c1-2-7-6(4-17(12,13)14)3-8(11)10-9(7)15-5-16-10/h3H,2,4-5H2,1H3. The van der Waals surface area contributed by atoms with Crippen LogP contribution in [0.3, 0.4) is 0 Å². The molecule has 0 fully saturated rings. The molecule has 0 N–H and O–H groups in total. The van der Waals surface area contributed by atoms with E-state index >= 15 is 0 Å². The minimum Gasteiger partial charge on any atom is -0.453 e. The van der Waals surface area contributed by atoms with Gasteiger partial charge in [0.15, 0.2) is 11.5 Å². The average Bonchev–Trinajstić information content (AvgIpc) is 2.64. The van der Waals surface area contributed by atoms with E-state index in [1.807, 2.05) is 6.92 Å². The molecule has 0 radical (unpaired) electrons. The van der Waals surface area contributed by atoms with Crippen molar-refractivity contribution >= 4 is 35.7 Å². The second-order valence-corrected chi connectivity index (χ2v) is 7.23. The Labute approximate surface area is 112 Å². The van der Waals surface area contributed by atoms with Crippen LogP contribution in [0.2, 0.25) is 0 Å². The summed E-state index contributed by atoms with van der Waals surface area (Å²) < 4.78 is 33.7. The van der Waals surface area contributed by atoms with Crippen molar-refractivity contribution in [1.29, 1.82) is 0 Å². The van der Waals surface area contributed by atoms with Crippen molar-refractivity contribution in [2.45, 2.75) is 19.1 Å². The summed E-state index contributed by atoms with van der Waals surface area (Å²) in [6, 6.07) is 1.71. The number of hydrogen-bond acceptors (Lipinski definition) is 4. The van der Waals surface area contributed by atoms with E-state index in [4.69, 9.17) is 20.2 Å². The summed E-state index contributed by atoms with van der Waals surface area (Å²) in [5, 5.41) is 0. The zero-order valence-corrected chi connectivity index (χ0v) is 12.2. The molecule has 0 aliphatic carbocycles. The van der Waals surface area contributed by atoms with Crippen molar-refractivity contribution in [1.82, 2.24) is 0 Å². The lowest BCUT2D eigenvalue weighted by Crippen LogP contribution is -2.01. The predicted molar refractivity (Wildman–Crippen MR) is 68.1 cm³/mol. The number of rotatable bonds is 3. The van der Waals surface area contributed by atoms with Crippen LogP contribution in [0.5, 0.6) is 11.5 Å². The van der Waals surface area contributed by atoms with Crippen molar-refractivity contribution in [3.63, 3.8) is 0 Å². The first-order chi connectivity index (χ1) is 7.92. The Bertz CT molecular complexity index is 556. The molecule has 0 bridgehead atoms. The molecule has 1 aromatic carbocycles. The topological polar surface area (TPSA) is 52.6 Å². The van der Waals surface area contributed by atoms with Gasteiger partial charge >= 0.3 is 0 Å². The fraction of sp³-hybridized carbons (Fsp3) is 0.400. The monoisotopic (exact) mass is 340 g/mol. The number of fused-ring (bicyclic) bond motifs is 1. The largest absolute Gasteiger partial charge is 0.453 e. The van der Waals surface area contributed by atoms with Crippen molar-refractivity contribution in [2.24, 2.45) is 0 Å². The lowest BCUT2D eigenvalue weighted by Gasteiger charge is -2.11. The normalized spacial score (nSPS) is 14.1. The second kappa shape index (κ2) is 4.66. The van der Waals surface area contributed by atoms with E-state index < -0.39 is 9.05 Å². The van der Waals surface area contributed by atoms with Gasteiger partial charge in [0.25, 0.3) is 0 Å². The van der Waals surface area contributed by atoms with Crippen LogP contribution in [-0.4, -0.2) is 15.2 Å². The first-order valence-corrected chi connectivity index (χ1v) is 8.21. The Hall–Kier alpha value is -0.460. The third kappa shape index (κ3) is 2.69. The van der Waals surface area contributed by atoms with Crippen molar-refractivity contribution < 1.29 is 17.9 Å². The van der Waals surface area contributed by atoms with Crippen LogP contribution < -0.4 is 9.47 Å². The molecule has 4 nitrogen and oxygen atoms in total. The molecule has 7 heteroatoms. The van der Waals surface area contributed by atoms with Crippen LogP contribution >= 0.6 is 26.6 Å². The molecule has 0 atom stereocenters. The highest BCUT2D eigenvalue weighted by atomic mass is 79.9. The maximum absolute atomic E-state index is 11.2. The van der Waals surface area contributed by atoms with Crippen molar-refractivity contribution in [3.8, 4) is 11.5 Å². The summed E-state index contributed by atoms with van der Waals surface area (Å²) in [5.41, 5.74) is 1.46. The van der Waals surface area contributed by atoms with E-state index in [0.29, 0.717) is 28.0 Å². The number of benzene rings is 1. The van der Waals surface area contributed by atoms with Gasteiger partial charge in [-0.15, -0.1) is 0 Å². The van der Waals surface area contributed by atoms with Crippen LogP contribution in [0.4, 0.5) is 0 Å². The highest BCUT2D eigenvalue weighted by Crippen LogP contribution is 2.44. The summed E-state index contributed by atoms with van der Waals surface area (Å²) in [7, 11) is 1.70. The molecule has 0 amide bonds. The second-order valence-electron chi connectivity index (χ2n) is 3.60. The Balaban J connectivity index is 2.57. The quantitative estimate of drug-likeness (QED) is 0.793. The van der Waals surface area contributed by atoms with Gasteiger partial charge < -0.3 is 9.47 Å². The smallest absolute Gasteiger partial charge is 0.236 e. The van der Waals surface area contributed by atoms with Crippen LogP contribution in [0.25, 0.3) is 0 Å². The van der Waals surface area contributed by atoms with Crippen LogP contribution in [0.1, 0.15) is 18.1 Å². The Kier molecular flexibility index (Phi) is 3.56. The van der Waals surface area contributed by atoms with E-state index in [9.17, 15) is 8.42 Å². The van der Waals surface area contributed by atoms with Crippen LogP contribution in [-0.2, 0) is 21.2 Å². The lowest BCUT2D eigenvalue weighted by molar-refractivity contribution is 0.173. The third-order valence-corrected chi connectivity index (χ3v) is 4.05. The molecular weight excluding hydrogens is 332 g/mol. The van der Waals surface area contributed by atoms with Crippen molar-refractivity contribution in [3.05, 3.63) is 21.7 Å². The zero-order chi connectivity index (χ0) is 12.6. The van der Waals surface area contributed by atoms with Gasteiger partial charge in [0.2, 0.25) is 15.8 Å². The van der Waals surface area contributed by atoms with Gasteiger partial charge in [-0.1, -0.05) is 6.92 Å². The molecule has 1 aliphatic rings. The van der Waals surface area contributed by atoms with E-state index in [-0.39, 0.29) is 12.5 Å². The van der Waals surface area contributed by atoms with Gasteiger partial charge in [0.05, 0.1) is 10.2 Å². The van der Waals surface area contributed by atoms with Gasteiger partial charge in [0.1, 0.15) is 0 Å². The van der Waals surface area contributed by atoms with E-state index in [1.54, 1.807) is 6.07 Å². The lowest BCUT2D eigenvalue weighted by atomic mass is 10.0. The fourth-order valence-corrected chi connectivity index (χ4v) is 3.39. The van der Waals surface area contributed by atoms with E-state index in [0.717, 1.165) is 5.56 Å². The van der Waals surface area contributed by atoms with Crippen molar-refractivity contribution in [2.75, 3.05) is 6.79 Å². The maximum atomic E-state index is 11.2. The molecule has 1 aromatic rings. The first-order valence-electron chi connectivity index (χ1n) is 4.94. The number of halogens is 2. The summed E-state index contributed by atoms with van der Waals surface area (Å²) in [6.45, 7) is 2.08. The first kappa shape index (κ1) is 13.0. The molecular formula is C10H10BrClO4S. The minimum atomic E-state index is -3.59. The highest BCUT2D eigenvalue weighted by Gasteiger charge is 2.24. The summed E-state index contributed by atoms with van der Waals surface area (Å²) in [5.74, 6) is 1.02. The summed E-state index contributed by atoms with van der Waals surface area (Å²) >= 11 is 3.33. The molecule has 94 valence electrons. The molecule has 1 aliphatic heterocycles. The van der Waals surface area contributed by atoms with Gasteiger partial charge in [-0.05, 0) is 34.0 Å². The van der Waals surface area contributed by atoms with Crippen LogP contribution in [0, 0.1) is 0 Å². The Morgan fingerprint density at radius 1 is 1.41 bits per heavy atom. The van der Waals surface area contributed by atoms with Gasteiger partial charge in [-0.3, -0.25) is 0 Å². The SMILES string of the molecule is CCc1c(CS(=O)(=O)Cl)cc(Br)c2c1OCO2. The molecule has 0 spiro atoms. The summed E-state index contributed by atoms with van der Waals surface area (Å²) in [4.78, 5) is 0. The molecule has 2 rings (SSSR count). The molecule has 0 saturated heterocycles. The minimum absolute atomic E-state index is 0.151. The Morgan fingerprint density at radius 2 is 2.06 bits per heavy atom. The number of hydrogen-bond donors (Lipinski definition) is 0. The molecule has 0 saturated carbocycles. The third-order valence-electron chi connectivity index (χ3n) is 2.47. The van der Waals surface area contributed by atoms with Gasteiger partial charge in [-0.2, -0.15) is 0 Å². The molecule has 17 heavy (non-hydrogen) atoms. The predicted octanol–water partition coefficient (Wildman–Crippen LogP) is 2.81. The average molecular weight is 342 g/mol. The molecule has 0 aromatic heterocycles. The zero-order valence-electron chi connectivity index (χ0n) is 9.00. The molecule has 0 unspecified atom stereocenters. The van der Waals surface area contributed by atoms with E-state index in [1.165, 1.54) is 0 Å². The van der Waals surface area contributed by atoms with Gasteiger partial charge in [-0.25, -0.2) is 8.42 Å². The maximum Gasteiger partial charge on any atom is 0.236 e. The summed E-state index contributed by atoms with van der Waals surface area (Å²) in [6.07, 6.45) is 0.653. The van der Waals surface area contributed by atoms with Crippen LogP contribution in [0.15, 0.2) is 10.5 Å². The molecule has 1 heterocycles. The van der Waals surface area contributed by atoms with Gasteiger partial charge in [0, 0.05) is 16.2 Å². The fourth-order valence-electron chi connectivity index (χ4n) is 1.83.